The van der Waals surface area contributed by atoms with E-state index in [1.807, 2.05) is 83.1 Å². The van der Waals surface area contributed by atoms with Crippen LogP contribution in [0.15, 0.2) is 48.5 Å². The minimum absolute atomic E-state index is 0.0582. The van der Waals surface area contributed by atoms with Crippen molar-refractivity contribution in [1.82, 2.24) is 10.3 Å². The minimum atomic E-state index is -0.452. The summed E-state index contributed by atoms with van der Waals surface area (Å²) in [5.41, 5.74) is 2.39. The van der Waals surface area contributed by atoms with Crippen LogP contribution >= 0.6 is 0 Å². The number of aromatic nitrogens is 1. The fourth-order valence-corrected chi connectivity index (χ4v) is 3.26. The summed E-state index contributed by atoms with van der Waals surface area (Å²) in [5.74, 6) is 2.05. The van der Waals surface area contributed by atoms with Crippen LogP contribution in [-0.2, 0) is 10.3 Å². The molecular weight excluding hydrogens is 364 g/mol. The minimum Gasteiger partial charge on any atom is -0.491 e. The summed E-state index contributed by atoms with van der Waals surface area (Å²) < 4.78 is 11.7. The Bertz CT molecular complexity index is 1040. The molecule has 0 bridgehead atoms. The first-order valence-corrected chi connectivity index (χ1v) is 9.79. The molecule has 1 aromatic heterocycles. The zero-order chi connectivity index (χ0) is 21.2. The van der Waals surface area contributed by atoms with E-state index < -0.39 is 5.54 Å². The molecule has 3 rings (SSSR count). The number of nitrogens with one attached hydrogen (secondary N) is 1. The zero-order valence-corrected chi connectivity index (χ0v) is 17.9. The average molecular weight is 392 g/mol. The van der Waals surface area contributed by atoms with Crippen molar-refractivity contribution in [2.75, 3.05) is 0 Å². The lowest BCUT2D eigenvalue weighted by Crippen LogP contribution is -2.39. The summed E-state index contributed by atoms with van der Waals surface area (Å²) in [7, 11) is 0. The van der Waals surface area contributed by atoms with Crippen molar-refractivity contribution < 1.29 is 14.3 Å². The molecule has 3 aromatic rings. The average Bonchev–Trinajstić information content (AvgIpc) is 2.62. The Morgan fingerprint density at radius 1 is 1.07 bits per heavy atom. The SMILES string of the molecule is CC(=O)NC(C)(C)c1ccc2nc(Oc3ccc(OC(C)C)cc3C)ccc2c1. The molecule has 2 aromatic carbocycles. The van der Waals surface area contributed by atoms with Gasteiger partial charge in [0.1, 0.15) is 11.5 Å². The number of amides is 1. The van der Waals surface area contributed by atoms with Gasteiger partial charge in [-0.2, -0.15) is 0 Å². The van der Waals surface area contributed by atoms with Gasteiger partial charge in [-0.05, 0) is 82.1 Å². The van der Waals surface area contributed by atoms with Crippen LogP contribution in [0, 0.1) is 6.92 Å². The molecule has 0 spiro atoms. The van der Waals surface area contributed by atoms with Crippen LogP contribution in [0.2, 0.25) is 0 Å². The summed E-state index contributed by atoms with van der Waals surface area (Å²) in [6.07, 6.45) is 0.129. The predicted molar refractivity (Wildman–Crippen MR) is 116 cm³/mol. The molecule has 0 saturated heterocycles. The molecule has 0 fully saturated rings. The lowest BCUT2D eigenvalue weighted by atomic mass is 9.93. The molecule has 1 N–H and O–H groups in total. The Labute approximate surface area is 172 Å². The van der Waals surface area contributed by atoms with Gasteiger partial charge in [-0.1, -0.05) is 6.07 Å². The van der Waals surface area contributed by atoms with Gasteiger partial charge in [-0.25, -0.2) is 4.98 Å². The van der Waals surface area contributed by atoms with Crippen molar-refractivity contribution in [2.24, 2.45) is 0 Å². The molecular formula is C24H28N2O3. The Morgan fingerprint density at radius 3 is 2.48 bits per heavy atom. The molecule has 29 heavy (non-hydrogen) atoms. The van der Waals surface area contributed by atoms with Gasteiger partial charge < -0.3 is 14.8 Å². The van der Waals surface area contributed by atoms with Gasteiger partial charge in [0.25, 0.3) is 0 Å². The first kappa shape index (κ1) is 20.6. The number of rotatable bonds is 6. The van der Waals surface area contributed by atoms with Gasteiger partial charge in [-0.15, -0.1) is 0 Å². The van der Waals surface area contributed by atoms with Crippen LogP contribution in [0.5, 0.6) is 17.4 Å². The fourth-order valence-electron chi connectivity index (χ4n) is 3.26. The first-order valence-electron chi connectivity index (χ1n) is 9.79. The third kappa shape index (κ3) is 5.05. The normalized spacial score (nSPS) is 11.6. The second-order valence-electron chi connectivity index (χ2n) is 8.06. The molecule has 0 atom stereocenters. The molecule has 0 aliphatic heterocycles. The molecule has 0 unspecified atom stereocenters. The van der Waals surface area contributed by atoms with Crippen LogP contribution in [0.3, 0.4) is 0 Å². The van der Waals surface area contributed by atoms with E-state index in [9.17, 15) is 4.79 Å². The predicted octanol–water partition coefficient (Wildman–Crippen LogP) is 5.49. The van der Waals surface area contributed by atoms with E-state index >= 15 is 0 Å². The van der Waals surface area contributed by atoms with Crippen molar-refractivity contribution in [2.45, 2.75) is 53.2 Å². The molecule has 1 heterocycles. The Hall–Kier alpha value is -3.08. The van der Waals surface area contributed by atoms with Crippen LogP contribution in [-0.4, -0.2) is 17.0 Å². The molecule has 0 aliphatic carbocycles. The monoisotopic (exact) mass is 392 g/mol. The Balaban J connectivity index is 1.83. The number of hydrogen-bond acceptors (Lipinski definition) is 4. The highest BCUT2D eigenvalue weighted by Crippen LogP contribution is 2.30. The highest BCUT2D eigenvalue weighted by atomic mass is 16.5. The number of carbonyl (C=O) groups is 1. The molecule has 0 aliphatic rings. The molecule has 152 valence electrons. The van der Waals surface area contributed by atoms with Crippen molar-refractivity contribution in [3.05, 3.63) is 59.7 Å². The summed E-state index contributed by atoms with van der Waals surface area (Å²) in [6.45, 7) is 11.5. The molecule has 1 amide bonds. The van der Waals surface area contributed by atoms with E-state index in [-0.39, 0.29) is 12.0 Å². The third-order valence-corrected chi connectivity index (χ3v) is 4.61. The number of nitrogens with zero attached hydrogens (tertiary/aromatic N) is 1. The quantitative estimate of drug-likeness (QED) is 0.602. The van der Waals surface area contributed by atoms with Gasteiger partial charge in [0, 0.05) is 18.4 Å². The second kappa shape index (κ2) is 8.11. The van der Waals surface area contributed by atoms with Crippen molar-refractivity contribution >= 4 is 16.8 Å². The van der Waals surface area contributed by atoms with Crippen LogP contribution in [0.25, 0.3) is 10.9 Å². The summed E-state index contributed by atoms with van der Waals surface area (Å²) >= 11 is 0. The van der Waals surface area contributed by atoms with Crippen LogP contribution in [0.1, 0.15) is 45.7 Å². The van der Waals surface area contributed by atoms with Gasteiger partial charge in [0.15, 0.2) is 0 Å². The summed E-state index contributed by atoms with van der Waals surface area (Å²) in [5, 5.41) is 3.96. The summed E-state index contributed by atoms with van der Waals surface area (Å²) in [6, 6.07) is 15.6. The maximum atomic E-state index is 11.5. The van der Waals surface area contributed by atoms with Crippen LogP contribution in [0.4, 0.5) is 0 Å². The number of aryl methyl sites for hydroxylation is 1. The highest BCUT2D eigenvalue weighted by molar-refractivity contribution is 5.81. The number of fused-ring (bicyclic) bond motifs is 1. The lowest BCUT2D eigenvalue weighted by molar-refractivity contribution is -0.120. The molecule has 5 nitrogen and oxygen atoms in total. The molecule has 0 radical (unpaired) electrons. The van der Waals surface area contributed by atoms with Crippen molar-refractivity contribution in [3.63, 3.8) is 0 Å². The third-order valence-electron chi connectivity index (χ3n) is 4.61. The maximum absolute atomic E-state index is 11.5. The van der Waals surface area contributed by atoms with Gasteiger partial charge >= 0.3 is 0 Å². The number of pyridine rings is 1. The lowest BCUT2D eigenvalue weighted by Gasteiger charge is -2.26. The van der Waals surface area contributed by atoms with Gasteiger partial charge in [0.2, 0.25) is 11.8 Å². The van der Waals surface area contributed by atoms with E-state index in [4.69, 9.17) is 9.47 Å². The zero-order valence-electron chi connectivity index (χ0n) is 17.9. The van der Waals surface area contributed by atoms with Crippen LogP contribution < -0.4 is 14.8 Å². The Kier molecular flexibility index (Phi) is 5.78. The maximum Gasteiger partial charge on any atom is 0.219 e. The molecule has 5 heteroatoms. The fraction of sp³-hybridized carbons (Fsp3) is 0.333. The number of hydrogen-bond donors (Lipinski definition) is 1. The smallest absolute Gasteiger partial charge is 0.219 e. The van der Waals surface area contributed by atoms with E-state index in [1.54, 1.807) is 0 Å². The van der Waals surface area contributed by atoms with Gasteiger partial charge in [0.05, 0.1) is 17.2 Å². The largest absolute Gasteiger partial charge is 0.491 e. The molecule has 0 saturated carbocycles. The second-order valence-corrected chi connectivity index (χ2v) is 8.06. The number of ether oxygens (including phenoxy) is 2. The van der Waals surface area contributed by atoms with E-state index in [2.05, 4.69) is 10.3 Å². The van der Waals surface area contributed by atoms with Crippen molar-refractivity contribution in [1.29, 1.82) is 0 Å². The topological polar surface area (TPSA) is 60.5 Å². The van der Waals surface area contributed by atoms with Gasteiger partial charge in [-0.3, -0.25) is 4.79 Å². The van der Waals surface area contributed by atoms with E-state index in [0.29, 0.717) is 5.88 Å². The first-order chi connectivity index (χ1) is 13.6. The summed E-state index contributed by atoms with van der Waals surface area (Å²) in [4.78, 5) is 16.1. The van der Waals surface area contributed by atoms with E-state index in [0.717, 1.165) is 33.5 Å². The number of carbonyl (C=O) groups excluding carboxylic acids is 1. The Morgan fingerprint density at radius 2 is 1.83 bits per heavy atom. The highest BCUT2D eigenvalue weighted by Gasteiger charge is 2.21. The van der Waals surface area contributed by atoms with E-state index in [1.165, 1.54) is 6.92 Å². The standard InChI is InChI=1S/C24H28N2O3/c1-15(2)28-20-9-11-22(16(3)13-20)29-23-12-7-18-14-19(8-10-21(18)25-23)24(5,6)26-17(4)27/h7-15H,1-6H3,(H,26,27). The number of benzene rings is 2. The van der Waals surface area contributed by atoms with Crippen molar-refractivity contribution in [3.8, 4) is 17.4 Å².